The van der Waals surface area contributed by atoms with Gasteiger partial charge in [-0.3, -0.25) is 4.68 Å². The minimum Gasteiger partial charge on any atom is -0.335 e. The van der Waals surface area contributed by atoms with Crippen molar-refractivity contribution in [2.75, 3.05) is 0 Å². The Balaban J connectivity index is 1.48. The summed E-state index contributed by atoms with van der Waals surface area (Å²) in [6.45, 7) is 2.57. The number of amides is 2. The van der Waals surface area contributed by atoms with Crippen LogP contribution in [0.15, 0.2) is 36.9 Å². The molecule has 1 aromatic heterocycles. The second-order valence-corrected chi connectivity index (χ2v) is 5.84. The van der Waals surface area contributed by atoms with Crippen LogP contribution in [0.1, 0.15) is 24.5 Å². The number of carbonyl (C=O) groups excluding carboxylic acids is 1. The van der Waals surface area contributed by atoms with Gasteiger partial charge in [-0.05, 0) is 37.3 Å². The lowest BCUT2D eigenvalue weighted by atomic mass is 9.88. The number of rotatable bonds is 4. The van der Waals surface area contributed by atoms with Crippen LogP contribution in [0.2, 0.25) is 0 Å². The minimum absolute atomic E-state index is 0.00224. The Morgan fingerprint density at radius 1 is 1.41 bits per heavy atom. The number of nitrogens with one attached hydrogen (secondary N) is 2. The molecule has 1 aliphatic rings. The summed E-state index contributed by atoms with van der Waals surface area (Å²) in [5, 5.41) is 10.1. The number of aryl methyl sites for hydroxylation is 1. The molecule has 0 bridgehead atoms. The second-order valence-electron chi connectivity index (χ2n) is 5.84. The SMILES string of the molecule is CC(Cn1cncn1)NC(=O)NC1CCc2ccccc2C1. The van der Waals surface area contributed by atoms with Crippen LogP contribution in [0.4, 0.5) is 4.79 Å². The van der Waals surface area contributed by atoms with Crippen LogP contribution in [0, 0.1) is 0 Å². The zero-order chi connectivity index (χ0) is 15.4. The van der Waals surface area contributed by atoms with E-state index in [0.29, 0.717) is 6.54 Å². The Hall–Kier alpha value is -2.37. The van der Waals surface area contributed by atoms with Crippen molar-refractivity contribution in [1.82, 2.24) is 25.4 Å². The van der Waals surface area contributed by atoms with E-state index in [4.69, 9.17) is 0 Å². The Labute approximate surface area is 129 Å². The van der Waals surface area contributed by atoms with Gasteiger partial charge in [0.1, 0.15) is 12.7 Å². The van der Waals surface area contributed by atoms with Crippen LogP contribution < -0.4 is 10.6 Å². The normalized spacial score (nSPS) is 18.3. The molecule has 6 nitrogen and oxygen atoms in total. The fourth-order valence-electron chi connectivity index (χ4n) is 2.93. The molecule has 0 spiro atoms. The van der Waals surface area contributed by atoms with Gasteiger partial charge in [0.25, 0.3) is 0 Å². The third kappa shape index (κ3) is 3.63. The number of hydrogen-bond acceptors (Lipinski definition) is 3. The monoisotopic (exact) mass is 299 g/mol. The van der Waals surface area contributed by atoms with Gasteiger partial charge in [0.05, 0.1) is 6.54 Å². The number of urea groups is 1. The molecule has 2 amide bonds. The van der Waals surface area contributed by atoms with Crippen molar-refractivity contribution >= 4 is 6.03 Å². The predicted octanol–water partition coefficient (Wildman–Crippen LogP) is 1.52. The predicted molar refractivity (Wildman–Crippen MR) is 83.4 cm³/mol. The molecule has 0 radical (unpaired) electrons. The highest BCUT2D eigenvalue weighted by molar-refractivity contribution is 5.74. The van der Waals surface area contributed by atoms with Gasteiger partial charge < -0.3 is 10.6 Å². The molecule has 2 N–H and O–H groups in total. The van der Waals surface area contributed by atoms with Gasteiger partial charge in [-0.15, -0.1) is 0 Å². The van der Waals surface area contributed by atoms with Crippen molar-refractivity contribution < 1.29 is 4.79 Å². The van der Waals surface area contributed by atoms with Crippen LogP contribution in [0.3, 0.4) is 0 Å². The van der Waals surface area contributed by atoms with Crippen molar-refractivity contribution in [3.8, 4) is 0 Å². The van der Waals surface area contributed by atoms with Crippen molar-refractivity contribution in [3.05, 3.63) is 48.0 Å². The second kappa shape index (κ2) is 6.60. The molecule has 1 aromatic carbocycles. The van der Waals surface area contributed by atoms with Crippen molar-refractivity contribution in [1.29, 1.82) is 0 Å². The third-order valence-electron chi connectivity index (χ3n) is 3.99. The highest BCUT2D eigenvalue weighted by Gasteiger charge is 2.20. The topological polar surface area (TPSA) is 71.8 Å². The molecule has 6 heteroatoms. The average molecular weight is 299 g/mol. The van der Waals surface area contributed by atoms with E-state index in [9.17, 15) is 4.79 Å². The molecule has 0 fully saturated rings. The van der Waals surface area contributed by atoms with Gasteiger partial charge in [0.2, 0.25) is 0 Å². The van der Waals surface area contributed by atoms with Gasteiger partial charge in [-0.1, -0.05) is 24.3 Å². The van der Waals surface area contributed by atoms with Crippen LogP contribution in [-0.4, -0.2) is 32.9 Å². The van der Waals surface area contributed by atoms with Crippen molar-refractivity contribution in [3.63, 3.8) is 0 Å². The Kier molecular flexibility index (Phi) is 4.37. The molecule has 116 valence electrons. The lowest BCUT2D eigenvalue weighted by Gasteiger charge is -2.26. The van der Waals surface area contributed by atoms with Gasteiger partial charge >= 0.3 is 6.03 Å². The van der Waals surface area contributed by atoms with Gasteiger partial charge in [-0.25, -0.2) is 9.78 Å². The summed E-state index contributed by atoms with van der Waals surface area (Å²) in [5.74, 6) is 0. The molecular formula is C16H21N5O. The molecule has 2 atom stereocenters. The largest absolute Gasteiger partial charge is 0.335 e. The number of benzene rings is 1. The summed E-state index contributed by atoms with van der Waals surface area (Å²) in [4.78, 5) is 16.0. The summed E-state index contributed by atoms with van der Waals surface area (Å²) in [7, 11) is 0. The summed E-state index contributed by atoms with van der Waals surface area (Å²) in [5.41, 5.74) is 2.75. The summed E-state index contributed by atoms with van der Waals surface area (Å²) in [6, 6.07) is 8.54. The number of fused-ring (bicyclic) bond motifs is 1. The number of aromatic nitrogens is 3. The van der Waals surface area contributed by atoms with E-state index in [1.54, 1.807) is 11.0 Å². The maximum Gasteiger partial charge on any atom is 0.315 e. The standard InChI is InChI=1S/C16H21N5O/c1-12(9-21-11-17-10-18-21)19-16(22)20-15-7-6-13-4-2-3-5-14(13)8-15/h2-5,10-12,15H,6-9H2,1H3,(H2,19,20,22). The Morgan fingerprint density at radius 2 is 2.23 bits per heavy atom. The molecular weight excluding hydrogens is 278 g/mol. The van der Waals surface area contributed by atoms with E-state index < -0.39 is 0 Å². The molecule has 1 heterocycles. The molecule has 0 aliphatic heterocycles. The van der Waals surface area contributed by atoms with E-state index in [1.165, 1.54) is 17.5 Å². The first-order valence-electron chi connectivity index (χ1n) is 7.67. The van der Waals surface area contributed by atoms with Crippen molar-refractivity contribution in [2.45, 2.75) is 44.8 Å². The molecule has 22 heavy (non-hydrogen) atoms. The lowest BCUT2D eigenvalue weighted by Crippen LogP contribution is -2.48. The molecule has 2 unspecified atom stereocenters. The van der Waals surface area contributed by atoms with Crippen LogP contribution in [0.25, 0.3) is 0 Å². The molecule has 2 aromatic rings. The summed E-state index contributed by atoms with van der Waals surface area (Å²) < 4.78 is 1.71. The zero-order valence-corrected chi connectivity index (χ0v) is 12.7. The zero-order valence-electron chi connectivity index (χ0n) is 12.7. The smallest absolute Gasteiger partial charge is 0.315 e. The lowest BCUT2D eigenvalue weighted by molar-refractivity contribution is 0.231. The van der Waals surface area contributed by atoms with Crippen LogP contribution in [0.5, 0.6) is 0 Å². The van der Waals surface area contributed by atoms with E-state index >= 15 is 0 Å². The maximum atomic E-state index is 12.1. The maximum absolute atomic E-state index is 12.1. The van der Waals surface area contributed by atoms with Gasteiger partial charge in [0.15, 0.2) is 0 Å². The number of carbonyl (C=O) groups is 1. The average Bonchev–Trinajstić information content (AvgIpc) is 2.99. The van der Waals surface area contributed by atoms with Crippen molar-refractivity contribution in [2.24, 2.45) is 0 Å². The van der Waals surface area contributed by atoms with Crippen LogP contribution in [-0.2, 0) is 19.4 Å². The fraction of sp³-hybridized carbons (Fsp3) is 0.438. The number of hydrogen-bond donors (Lipinski definition) is 2. The highest BCUT2D eigenvalue weighted by Crippen LogP contribution is 2.20. The fourth-order valence-corrected chi connectivity index (χ4v) is 2.93. The molecule has 3 rings (SSSR count). The van der Waals surface area contributed by atoms with E-state index in [0.717, 1.165) is 19.3 Å². The quantitative estimate of drug-likeness (QED) is 0.899. The molecule has 0 saturated heterocycles. The van der Waals surface area contributed by atoms with E-state index in [1.807, 2.05) is 6.92 Å². The molecule has 1 aliphatic carbocycles. The number of nitrogens with zero attached hydrogens (tertiary/aromatic N) is 3. The van der Waals surface area contributed by atoms with Gasteiger partial charge in [-0.2, -0.15) is 5.10 Å². The van der Waals surface area contributed by atoms with E-state index in [-0.39, 0.29) is 18.1 Å². The van der Waals surface area contributed by atoms with E-state index in [2.05, 4.69) is 45.0 Å². The third-order valence-corrected chi connectivity index (χ3v) is 3.99. The highest BCUT2D eigenvalue weighted by atomic mass is 16.2. The minimum atomic E-state index is -0.114. The first-order chi connectivity index (χ1) is 10.7. The summed E-state index contributed by atoms with van der Waals surface area (Å²) >= 11 is 0. The van der Waals surface area contributed by atoms with Crippen LogP contribution >= 0.6 is 0 Å². The first-order valence-corrected chi connectivity index (χ1v) is 7.67. The first kappa shape index (κ1) is 14.6. The Bertz CT molecular complexity index is 625. The Morgan fingerprint density at radius 3 is 3.00 bits per heavy atom. The molecule has 0 saturated carbocycles. The van der Waals surface area contributed by atoms with Gasteiger partial charge in [0, 0.05) is 12.1 Å². The summed E-state index contributed by atoms with van der Waals surface area (Å²) in [6.07, 6.45) is 6.05.